The van der Waals surface area contributed by atoms with Gasteiger partial charge in [-0.05, 0) is 84.2 Å². The zero-order valence-electron chi connectivity index (χ0n) is 47.4. The highest BCUT2D eigenvalue weighted by molar-refractivity contribution is 7.25. The largest absolute Gasteiger partial charge is 0.497 e. The first-order valence-electron chi connectivity index (χ1n) is 28.3. The number of nitrogens with one attached hydrogen (secondary N) is 7. The second-order valence-electron chi connectivity index (χ2n) is 20.1. The molecule has 0 unspecified atom stereocenters. The van der Waals surface area contributed by atoms with Gasteiger partial charge in [-0.1, -0.05) is 66.7 Å². The van der Waals surface area contributed by atoms with E-state index in [1.165, 1.54) is 57.3 Å². The molecule has 13 rings (SSSR count). The predicted octanol–water partition coefficient (Wildman–Crippen LogP) is 11.3. The van der Waals surface area contributed by atoms with E-state index >= 15 is 0 Å². The van der Waals surface area contributed by atoms with Gasteiger partial charge in [-0.25, -0.2) is 19.3 Å². The van der Waals surface area contributed by atoms with Gasteiger partial charge in [0.15, 0.2) is 0 Å². The van der Waals surface area contributed by atoms with Crippen molar-refractivity contribution in [2.75, 3.05) is 122 Å². The number of benzene rings is 6. The number of thiophene rings is 1. The highest BCUT2D eigenvalue weighted by Gasteiger charge is 2.22. The highest BCUT2D eigenvalue weighted by Crippen LogP contribution is 2.37. The lowest BCUT2D eigenvalue weighted by atomic mass is 10.2. The van der Waals surface area contributed by atoms with E-state index in [1.807, 2.05) is 102 Å². The summed E-state index contributed by atoms with van der Waals surface area (Å²) >= 11 is 5.83. The minimum atomic E-state index is -0.406. The van der Waals surface area contributed by atoms with Crippen molar-refractivity contribution in [1.29, 1.82) is 0 Å². The van der Waals surface area contributed by atoms with E-state index in [0.717, 1.165) is 133 Å². The third-order valence-corrected chi connectivity index (χ3v) is 18.3. The molecule has 3 saturated heterocycles. The third-order valence-electron chi connectivity index (χ3n) is 14.4. The molecular formula is C64H62FN13O5S4. The summed E-state index contributed by atoms with van der Waals surface area (Å²) in [6, 6.07) is 45.8. The minimum absolute atomic E-state index is 0.170. The number of nitrogens with zero attached hydrogens (tertiary/aromatic N) is 6. The molecule has 0 atom stereocenters. The van der Waals surface area contributed by atoms with Crippen LogP contribution in [0.5, 0.6) is 5.75 Å². The second-order valence-corrected chi connectivity index (χ2v) is 23.7. The van der Waals surface area contributed by atoms with Gasteiger partial charge in [0.2, 0.25) is 6.41 Å². The molecule has 3 aliphatic heterocycles. The molecule has 4 aromatic heterocycles. The molecule has 4 amide bonds. The molecular weight excluding hydrogens is 1180 g/mol. The maximum Gasteiger partial charge on any atom is 0.275 e. The van der Waals surface area contributed by atoms with Crippen molar-refractivity contribution < 1.29 is 28.3 Å². The number of carbonyl (C=O) groups excluding carboxylic acids is 4. The Bertz CT molecular complexity index is 3970. The number of halogens is 1. The lowest BCUT2D eigenvalue weighted by Crippen LogP contribution is -2.43. The number of piperazine rings is 3. The van der Waals surface area contributed by atoms with Crippen LogP contribution in [0.1, 0.15) is 31.5 Å². The number of carbonyl (C=O) groups is 4. The van der Waals surface area contributed by atoms with Gasteiger partial charge in [-0.15, -0.1) is 45.3 Å². The number of hydrogen-bond donors (Lipinski definition) is 7. The van der Waals surface area contributed by atoms with Gasteiger partial charge in [0, 0.05) is 116 Å². The number of para-hydroxylation sites is 6. The fourth-order valence-electron chi connectivity index (χ4n) is 10.0. The molecule has 7 N–H and O–H groups in total. The number of anilines is 7. The average molecular weight is 1240 g/mol. The molecule has 3 aliphatic rings. The van der Waals surface area contributed by atoms with Gasteiger partial charge in [0.05, 0.1) is 46.1 Å². The lowest BCUT2D eigenvalue weighted by molar-refractivity contribution is -0.105. The Morgan fingerprint density at radius 3 is 1.49 bits per heavy atom. The average Bonchev–Trinajstić information content (AvgIpc) is 4.07. The van der Waals surface area contributed by atoms with Crippen LogP contribution in [0.2, 0.25) is 0 Å². The minimum Gasteiger partial charge on any atom is -0.497 e. The van der Waals surface area contributed by atoms with Crippen molar-refractivity contribution in [3.63, 3.8) is 0 Å². The lowest BCUT2D eigenvalue weighted by Gasteiger charge is -2.31. The van der Waals surface area contributed by atoms with Gasteiger partial charge in [0.25, 0.3) is 17.7 Å². The molecule has 0 saturated carbocycles. The molecule has 87 heavy (non-hydrogen) atoms. The highest BCUT2D eigenvalue weighted by atomic mass is 32.1. The van der Waals surface area contributed by atoms with Crippen LogP contribution in [0.25, 0.3) is 41.1 Å². The number of fused-ring (bicyclic) bond motifs is 1. The van der Waals surface area contributed by atoms with Crippen LogP contribution >= 0.6 is 45.3 Å². The Kier molecular flexibility index (Phi) is 19.9. The zero-order valence-corrected chi connectivity index (χ0v) is 50.7. The number of amides is 4. The normalized spacial score (nSPS) is 14.0. The van der Waals surface area contributed by atoms with Crippen LogP contribution in [0, 0.1) is 5.82 Å². The number of rotatable bonds is 15. The molecule has 23 heteroatoms. The molecule has 10 aromatic rings. The summed E-state index contributed by atoms with van der Waals surface area (Å²) in [5, 5.41) is 30.1. The molecule has 444 valence electrons. The van der Waals surface area contributed by atoms with E-state index in [4.69, 9.17) is 4.74 Å². The standard InChI is InChI=1S/C22H20N4OS2.C21H21FN4O2S.C21H21N5O2S/c27-21(24-16-6-2-3-7-18(16)26-11-9-23-10-12-26)17-14-28-22(25-17)20-13-15-5-1-4-8-19(15)29-20;1-28-14-6-7-16(22)15(12-14)21-25-18(13-29-21)20(27)24-17-4-2-3-5-19(17)26-10-8-23-9-11-26;27-14-23-16-5-3-4-15(12-16)21-25-18(13-29-21)20(28)24-17-6-1-2-7-19(17)26-10-8-22-9-11-26/h1-8,13-14,23H,9-12H2,(H,24,27);2-7,12-13,23H,8-11H2,1H3,(H,24,27);1-7,12-14,22H,8-11H2,(H,23,27)(H,24,28). The number of thiazole rings is 3. The van der Waals surface area contributed by atoms with Gasteiger partial charge < -0.3 is 56.7 Å². The molecule has 18 nitrogen and oxygen atoms in total. The maximum absolute atomic E-state index is 14.2. The van der Waals surface area contributed by atoms with Gasteiger partial charge in [-0.2, -0.15) is 0 Å². The fourth-order valence-corrected chi connectivity index (χ4v) is 13.6. The second kappa shape index (κ2) is 29.0. The quantitative estimate of drug-likeness (QED) is 0.0477. The maximum atomic E-state index is 14.2. The summed E-state index contributed by atoms with van der Waals surface area (Å²) < 4.78 is 20.6. The van der Waals surface area contributed by atoms with Crippen molar-refractivity contribution >= 4 is 119 Å². The Morgan fingerprint density at radius 2 is 0.989 bits per heavy atom. The first kappa shape index (κ1) is 59.8. The van der Waals surface area contributed by atoms with E-state index < -0.39 is 5.82 Å². The Morgan fingerprint density at radius 1 is 0.529 bits per heavy atom. The van der Waals surface area contributed by atoms with Crippen molar-refractivity contribution in [1.82, 2.24) is 30.9 Å². The van der Waals surface area contributed by atoms with Crippen LogP contribution in [0.3, 0.4) is 0 Å². The Hall–Kier alpha value is -8.94. The van der Waals surface area contributed by atoms with Gasteiger partial charge in [0.1, 0.15) is 43.7 Å². The molecule has 0 spiro atoms. The number of ether oxygens (including phenoxy) is 1. The van der Waals surface area contributed by atoms with Crippen molar-refractivity contribution in [2.24, 2.45) is 0 Å². The summed E-state index contributed by atoms with van der Waals surface area (Å²) in [5.41, 5.74) is 8.34. The first-order valence-corrected chi connectivity index (χ1v) is 31.7. The smallest absolute Gasteiger partial charge is 0.275 e. The van der Waals surface area contributed by atoms with E-state index in [2.05, 4.69) is 91.1 Å². The molecule has 0 radical (unpaired) electrons. The van der Waals surface area contributed by atoms with Crippen LogP contribution in [0.4, 0.5) is 44.2 Å². The number of aromatic nitrogens is 3. The molecule has 3 fully saturated rings. The molecule has 7 heterocycles. The number of hydrogen-bond acceptors (Lipinski definition) is 18. The van der Waals surface area contributed by atoms with Crippen LogP contribution < -0.4 is 56.7 Å². The van der Waals surface area contributed by atoms with E-state index in [1.54, 1.807) is 40.3 Å². The summed E-state index contributed by atoms with van der Waals surface area (Å²) in [4.78, 5) is 70.5. The van der Waals surface area contributed by atoms with Gasteiger partial charge >= 0.3 is 0 Å². The Balaban J connectivity index is 0.000000135. The van der Waals surface area contributed by atoms with Crippen LogP contribution in [-0.4, -0.2) is 125 Å². The topological polar surface area (TPSA) is 210 Å². The van der Waals surface area contributed by atoms with Crippen LogP contribution in [-0.2, 0) is 4.79 Å². The number of methoxy groups -OCH3 is 1. The van der Waals surface area contributed by atoms with E-state index in [-0.39, 0.29) is 23.4 Å². The first-order chi connectivity index (χ1) is 42.7. The van der Waals surface area contributed by atoms with E-state index in [0.29, 0.717) is 39.8 Å². The van der Waals surface area contributed by atoms with Crippen molar-refractivity contribution in [3.05, 3.63) is 185 Å². The zero-order chi connectivity index (χ0) is 59.9. The fraction of sp³-hybridized carbons (Fsp3) is 0.203. The summed E-state index contributed by atoms with van der Waals surface area (Å²) in [6.07, 6.45) is 0.635. The van der Waals surface area contributed by atoms with Crippen molar-refractivity contribution in [2.45, 2.75) is 0 Å². The third kappa shape index (κ3) is 15.0. The molecule has 6 aromatic carbocycles. The summed E-state index contributed by atoms with van der Waals surface area (Å²) in [7, 11) is 1.52. The predicted molar refractivity (Wildman–Crippen MR) is 353 cm³/mol. The van der Waals surface area contributed by atoms with Crippen LogP contribution in [0.15, 0.2) is 162 Å². The summed E-state index contributed by atoms with van der Waals surface area (Å²) in [6.45, 7) is 11.0. The SMILES string of the molecule is COc1ccc(F)c(-c2nc(C(=O)Nc3ccccc3N3CCNCC3)cs2)c1.O=C(Nc1ccccc1N1CCNCC1)c1csc(-c2cc3ccccc3s2)n1.O=CNc1cccc(-c2nc(C(=O)Nc3ccccc3N3CCNCC3)cs2)c1. The summed E-state index contributed by atoms with van der Waals surface area (Å²) in [5.74, 6) is -0.601. The van der Waals surface area contributed by atoms with Gasteiger partial charge in [-0.3, -0.25) is 19.2 Å². The molecule has 0 bridgehead atoms. The molecule has 0 aliphatic carbocycles. The van der Waals surface area contributed by atoms with Crippen molar-refractivity contribution in [3.8, 4) is 36.8 Å². The Labute approximate surface area is 518 Å². The van der Waals surface area contributed by atoms with E-state index in [9.17, 15) is 23.6 Å². The monoisotopic (exact) mass is 1240 g/mol.